The van der Waals surface area contributed by atoms with E-state index in [1.165, 1.54) is 12.1 Å². The Balaban J connectivity index is 0.00000126. The lowest BCUT2D eigenvalue weighted by Crippen LogP contribution is -2.52. The van der Waals surface area contributed by atoms with Crippen molar-refractivity contribution in [2.75, 3.05) is 11.4 Å². The van der Waals surface area contributed by atoms with E-state index in [2.05, 4.69) is 11.9 Å². The molecule has 5 heteroatoms. The standard InChI is InChI=1S/C20H22FN3O.C2H6/c1-14-10-16(12-17(21)11-14)13-23-15(2)20(22)8-9-24(19(20)25)18-6-4-3-5-7-18;1-2/h3-7,10-12,23H,2,8-9,13,22H2,1H3;1-2H3. The fourth-order valence-electron chi connectivity index (χ4n) is 3.15. The zero-order valence-corrected chi connectivity index (χ0v) is 16.3. The number of para-hydroxylation sites is 1. The van der Waals surface area contributed by atoms with E-state index in [-0.39, 0.29) is 11.7 Å². The summed E-state index contributed by atoms with van der Waals surface area (Å²) in [6.07, 6.45) is 0.481. The Bertz CT molecular complexity index is 786. The summed E-state index contributed by atoms with van der Waals surface area (Å²) in [5.74, 6) is -0.455. The number of rotatable bonds is 5. The Morgan fingerprint density at radius 1 is 1.26 bits per heavy atom. The minimum atomic E-state index is -1.15. The molecular weight excluding hydrogens is 341 g/mol. The van der Waals surface area contributed by atoms with Gasteiger partial charge >= 0.3 is 0 Å². The average Bonchev–Trinajstić information content (AvgIpc) is 2.97. The fraction of sp³-hybridized carbons (Fsp3) is 0.318. The zero-order valence-electron chi connectivity index (χ0n) is 16.3. The van der Waals surface area contributed by atoms with E-state index in [0.717, 1.165) is 16.8 Å². The molecule has 2 aromatic rings. The highest BCUT2D eigenvalue weighted by Gasteiger charge is 2.46. The van der Waals surface area contributed by atoms with Crippen molar-refractivity contribution >= 4 is 11.6 Å². The van der Waals surface area contributed by atoms with Crippen molar-refractivity contribution in [1.82, 2.24) is 5.32 Å². The molecule has 27 heavy (non-hydrogen) atoms. The number of amides is 1. The summed E-state index contributed by atoms with van der Waals surface area (Å²) in [7, 11) is 0. The smallest absolute Gasteiger partial charge is 0.253 e. The van der Waals surface area contributed by atoms with Gasteiger partial charge in [0.05, 0.1) is 0 Å². The third kappa shape index (κ3) is 4.55. The number of halogens is 1. The highest BCUT2D eigenvalue weighted by molar-refractivity contribution is 6.04. The lowest BCUT2D eigenvalue weighted by molar-refractivity contribution is -0.120. The molecule has 0 aliphatic carbocycles. The van der Waals surface area contributed by atoms with E-state index in [4.69, 9.17) is 5.73 Å². The van der Waals surface area contributed by atoms with Gasteiger partial charge in [-0.3, -0.25) is 4.79 Å². The summed E-state index contributed by atoms with van der Waals surface area (Å²) < 4.78 is 13.5. The number of aryl methyl sites for hydroxylation is 1. The van der Waals surface area contributed by atoms with Gasteiger partial charge in [0, 0.05) is 24.5 Å². The van der Waals surface area contributed by atoms with Crippen molar-refractivity contribution in [3.63, 3.8) is 0 Å². The Morgan fingerprint density at radius 2 is 1.93 bits per heavy atom. The molecular formula is C22H28FN3O. The molecule has 1 aliphatic heterocycles. The molecule has 0 aromatic heterocycles. The number of hydrogen-bond acceptors (Lipinski definition) is 3. The predicted molar refractivity (Wildman–Crippen MR) is 109 cm³/mol. The normalized spacial score (nSPS) is 18.7. The summed E-state index contributed by atoms with van der Waals surface area (Å²) in [5.41, 5.74) is 8.13. The van der Waals surface area contributed by atoms with Crippen LogP contribution in [0.15, 0.2) is 60.8 Å². The lowest BCUT2D eigenvalue weighted by Gasteiger charge is -2.26. The summed E-state index contributed by atoms with van der Waals surface area (Å²) in [6.45, 7) is 10.7. The molecule has 0 radical (unpaired) electrons. The summed E-state index contributed by atoms with van der Waals surface area (Å²) >= 11 is 0. The van der Waals surface area contributed by atoms with E-state index < -0.39 is 5.54 Å². The Kier molecular flexibility index (Phi) is 6.75. The number of benzene rings is 2. The molecule has 1 heterocycles. The second-order valence-electron chi connectivity index (χ2n) is 6.48. The highest BCUT2D eigenvalue weighted by atomic mass is 19.1. The molecule has 0 spiro atoms. The number of nitrogens with zero attached hydrogens (tertiary/aromatic N) is 1. The van der Waals surface area contributed by atoms with Crippen LogP contribution in [0.3, 0.4) is 0 Å². The summed E-state index contributed by atoms with van der Waals surface area (Å²) in [6, 6.07) is 14.3. The molecule has 1 amide bonds. The quantitative estimate of drug-likeness (QED) is 0.840. The third-order valence-corrected chi connectivity index (χ3v) is 4.57. The van der Waals surface area contributed by atoms with Gasteiger partial charge in [-0.1, -0.05) is 44.7 Å². The topological polar surface area (TPSA) is 58.4 Å². The lowest BCUT2D eigenvalue weighted by atomic mass is 9.95. The molecule has 144 valence electrons. The Hall–Kier alpha value is -2.66. The van der Waals surface area contributed by atoms with E-state index in [1.807, 2.05) is 57.2 Å². The first-order chi connectivity index (χ1) is 12.9. The summed E-state index contributed by atoms with van der Waals surface area (Å²) in [5, 5.41) is 3.10. The fourth-order valence-corrected chi connectivity index (χ4v) is 3.15. The van der Waals surface area contributed by atoms with Gasteiger partial charge in [0.1, 0.15) is 11.4 Å². The van der Waals surface area contributed by atoms with Crippen LogP contribution in [-0.4, -0.2) is 18.0 Å². The van der Waals surface area contributed by atoms with Crippen LogP contribution in [-0.2, 0) is 11.3 Å². The molecule has 1 aliphatic rings. The van der Waals surface area contributed by atoms with Gasteiger partial charge < -0.3 is 16.0 Å². The largest absolute Gasteiger partial charge is 0.383 e. The highest BCUT2D eigenvalue weighted by Crippen LogP contribution is 2.30. The van der Waals surface area contributed by atoms with Crippen LogP contribution in [0.5, 0.6) is 0 Å². The van der Waals surface area contributed by atoms with E-state index >= 15 is 0 Å². The summed E-state index contributed by atoms with van der Waals surface area (Å²) in [4.78, 5) is 14.5. The van der Waals surface area contributed by atoms with Gasteiger partial charge in [-0.15, -0.1) is 0 Å². The van der Waals surface area contributed by atoms with Crippen LogP contribution < -0.4 is 16.0 Å². The maximum Gasteiger partial charge on any atom is 0.253 e. The molecule has 1 fully saturated rings. The number of carbonyl (C=O) groups excluding carboxylic acids is 1. The van der Waals surface area contributed by atoms with Crippen LogP contribution in [0, 0.1) is 12.7 Å². The molecule has 0 saturated carbocycles. The first-order valence-electron chi connectivity index (χ1n) is 9.25. The molecule has 1 saturated heterocycles. The van der Waals surface area contributed by atoms with Crippen molar-refractivity contribution in [3.05, 3.63) is 77.8 Å². The maximum absolute atomic E-state index is 13.5. The predicted octanol–water partition coefficient (Wildman–Crippen LogP) is 3.90. The van der Waals surface area contributed by atoms with Gasteiger partial charge in [0.15, 0.2) is 0 Å². The second-order valence-corrected chi connectivity index (χ2v) is 6.48. The van der Waals surface area contributed by atoms with Gasteiger partial charge in [0.25, 0.3) is 5.91 Å². The third-order valence-electron chi connectivity index (χ3n) is 4.57. The molecule has 1 unspecified atom stereocenters. The zero-order chi connectivity index (χ0) is 20.0. The van der Waals surface area contributed by atoms with Gasteiger partial charge in [-0.25, -0.2) is 4.39 Å². The van der Waals surface area contributed by atoms with E-state index in [1.54, 1.807) is 4.90 Å². The van der Waals surface area contributed by atoms with Crippen molar-refractivity contribution < 1.29 is 9.18 Å². The Labute approximate surface area is 160 Å². The molecule has 3 rings (SSSR count). The van der Waals surface area contributed by atoms with E-state index in [0.29, 0.717) is 25.2 Å². The monoisotopic (exact) mass is 369 g/mol. The van der Waals surface area contributed by atoms with Crippen molar-refractivity contribution in [2.24, 2.45) is 5.73 Å². The first kappa shape index (κ1) is 20.6. The van der Waals surface area contributed by atoms with Gasteiger partial charge in [0.2, 0.25) is 0 Å². The van der Waals surface area contributed by atoms with E-state index in [9.17, 15) is 9.18 Å². The molecule has 3 N–H and O–H groups in total. The van der Waals surface area contributed by atoms with Gasteiger partial charge in [-0.05, 0) is 48.7 Å². The second kappa shape index (κ2) is 8.82. The first-order valence-corrected chi connectivity index (χ1v) is 9.25. The van der Waals surface area contributed by atoms with Crippen LogP contribution >= 0.6 is 0 Å². The number of nitrogens with two attached hydrogens (primary N) is 1. The number of nitrogens with one attached hydrogen (secondary N) is 1. The Morgan fingerprint density at radius 3 is 2.56 bits per heavy atom. The average molecular weight is 369 g/mol. The van der Waals surface area contributed by atoms with Crippen LogP contribution in [0.1, 0.15) is 31.4 Å². The van der Waals surface area contributed by atoms with Crippen molar-refractivity contribution in [2.45, 2.75) is 39.3 Å². The number of anilines is 1. The molecule has 4 nitrogen and oxygen atoms in total. The number of hydrogen-bond donors (Lipinski definition) is 2. The molecule has 1 atom stereocenters. The molecule has 0 bridgehead atoms. The van der Waals surface area contributed by atoms with Crippen LogP contribution in [0.25, 0.3) is 0 Å². The van der Waals surface area contributed by atoms with Crippen LogP contribution in [0.2, 0.25) is 0 Å². The molecule has 2 aromatic carbocycles. The minimum Gasteiger partial charge on any atom is -0.383 e. The van der Waals surface area contributed by atoms with Gasteiger partial charge in [-0.2, -0.15) is 0 Å². The van der Waals surface area contributed by atoms with Crippen LogP contribution in [0.4, 0.5) is 10.1 Å². The van der Waals surface area contributed by atoms with Crippen molar-refractivity contribution in [1.29, 1.82) is 0 Å². The maximum atomic E-state index is 13.5. The number of carbonyl (C=O) groups is 1. The minimum absolute atomic E-state index is 0.174. The van der Waals surface area contributed by atoms with Crippen molar-refractivity contribution in [3.8, 4) is 0 Å². The SMILES string of the molecule is C=C(NCc1cc(C)cc(F)c1)C1(N)CCN(c2ccccc2)C1=O.CC.